The predicted octanol–water partition coefficient (Wildman–Crippen LogP) is 3.66. The van der Waals surface area contributed by atoms with Crippen LogP contribution in [0.5, 0.6) is 0 Å². The first-order chi connectivity index (χ1) is 15.2. The van der Waals surface area contributed by atoms with Crippen LogP contribution < -0.4 is 4.90 Å². The van der Waals surface area contributed by atoms with Gasteiger partial charge in [-0.05, 0) is 37.8 Å². The molecule has 2 aliphatic rings. The number of halogens is 1. The van der Waals surface area contributed by atoms with Crippen LogP contribution in [-0.2, 0) is 5.54 Å². The van der Waals surface area contributed by atoms with Crippen LogP contribution in [0.3, 0.4) is 0 Å². The average molecular weight is 416 g/mol. The first-order valence-electron chi connectivity index (χ1n) is 10.6. The maximum absolute atomic E-state index is 13.8. The Hall–Kier alpha value is -3.62. The molecule has 1 aromatic carbocycles. The number of hydrogen-bond acceptors (Lipinski definition) is 6. The summed E-state index contributed by atoms with van der Waals surface area (Å²) in [5, 5.41) is 8.68. The molecule has 0 bridgehead atoms. The van der Waals surface area contributed by atoms with Gasteiger partial charge in [0.2, 0.25) is 5.95 Å². The van der Waals surface area contributed by atoms with Crippen molar-refractivity contribution in [3.63, 3.8) is 0 Å². The van der Waals surface area contributed by atoms with Crippen LogP contribution in [0.15, 0.2) is 49.2 Å². The van der Waals surface area contributed by atoms with Gasteiger partial charge in [0.05, 0.1) is 6.20 Å². The molecule has 0 N–H and O–H groups in total. The van der Waals surface area contributed by atoms with Crippen molar-refractivity contribution in [1.29, 1.82) is 0 Å². The zero-order valence-electron chi connectivity index (χ0n) is 17.1. The third kappa shape index (κ3) is 2.55. The van der Waals surface area contributed by atoms with Gasteiger partial charge in [0.1, 0.15) is 29.2 Å². The highest BCUT2D eigenvalue weighted by molar-refractivity contribution is 5.65. The van der Waals surface area contributed by atoms with Gasteiger partial charge in [0.15, 0.2) is 11.6 Å². The van der Waals surface area contributed by atoms with Crippen molar-refractivity contribution in [1.82, 2.24) is 34.3 Å². The molecular weight excluding hydrogens is 395 g/mol. The summed E-state index contributed by atoms with van der Waals surface area (Å²) in [6, 6.07) is 6.39. The maximum atomic E-state index is 13.8. The molecule has 1 saturated heterocycles. The lowest BCUT2D eigenvalue weighted by molar-refractivity contribution is 0.274. The van der Waals surface area contributed by atoms with E-state index in [1.807, 2.05) is 16.8 Å². The van der Waals surface area contributed by atoms with Crippen molar-refractivity contribution in [2.75, 3.05) is 11.4 Å². The molecule has 6 rings (SSSR count). The summed E-state index contributed by atoms with van der Waals surface area (Å²) in [5.41, 5.74) is 1.34. The van der Waals surface area contributed by atoms with E-state index >= 15 is 0 Å². The number of rotatable bonds is 3. The molecule has 0 spiro atoms. The molecule has 0 aliphatic carbocycles. The molecular formula is C22H21FN8. The quantitative estimate of drug-likeness (QED) is 0.507. The first-order valence-corrected chi connectivity index (χ1v) is 10.6. The number of fused-ring (bicyclic) bond motifs is 6. The minimum atomic E-state index is -0.306. The number of hydrogen-bond donors (Lipinski definition) is 0. The second kappa shape index (κ2) is 6.69. The second-order valence-corrected chi connectivity index (χ2v) is 8.03. The summed E-state index contributed by atoms with van der Waals surface area (Å²) in [6.45, 7) is 3.10. The first kappa shape index (κ1) is 18.2. The zero-order chi connectivity index (χ0) is 21.0. The van der Waals surface area contributed by atoms with Gasteiger partial charge in [-0.2, -0.15) is 4.98 Å². The summed E-state index contributed by atoms with van der Waals surface area (Å²) in [4.78, 5) is 16.4. The summed E-state index contributed by atoms with van der Waals surface area (Å²) < 4.78 is 17.6. The second-order valence-electron chi connectivity index (χ2n) is 8.03. The Bertz CT molecular complexity index is 1280. The summed E-state index contributed by atoms with van der Waals surface area (Å²) in [5.74, 6) is 2.63. The minimum absolute atomic E-state index is 0.215. The Morgan fingerprint density at radius 2 is 2.10 bits per heavy atom. The standard InChI is InChI=1S/C22H21FN8/c1-2-22-8-3-4-10-31(22)19-17(30-14-26-28-20(22)30)13-25-21(27-19)29-11-9-24-18(29)15-6-5-7-16(23)12-15/h5-7,9,11-14H,2-4,8,10H2,1H3/t22-/m1/s1. The summed E-state index contributed by atoms with van der Waals surface area (Å²) >= 11 is 0. The Balaban J connectivity index is 1.53. The SMILES string of the molecule is CC[C@]12CCCCN1c1nc(-n3ccnc3-c3cccc(F)c3)ncc1-n1cnnc12. The highest BCUT2D eigenvalue weighted by Gasteiger charge is 2.47. The van der Waals surface area contributed by atoms with Gasteiger partial charge in [-0.15, -0.1) is 10.2 Å². The van der Waals surface area contributed by atoms with Crippen molar-refractivity contribution >= 4 is 5.82 Å². The molecule has 31 heavy (non-hydrogen) atoms. The fraction of sp³-hybridized carbons (Fsp3) is 0.318. The molecule has 4 aromatic rings. The Labute approximate surface area is 178 Å². The largest absolute Gasteiger partial charge is 0.342 e. The van der Waals surface area contributed by atoms with Gasteiger partial charge < -0.3 is 4.90 Å². The van der Waals surface area contributed by atoms with Gasteiger partial charge in [-0.3, -0.25) is 9.13 Å². The van der Waals surface area contributed by atoms with Crippen molar-refractivity contribution in [3.05, 3.63) is 60.8 Å². The molecule has 9 heteroatoms. The van der Waals surface area contributed by atoms with Gasteiger partial charge in [0.25, 0.3) is 0 Å². The molecule has 0 radical (unpaired) electrons. The van der Waals surface area contributed by atoms with Crippen LogP contribution in [-0.4, -0.2) is 40.8 Å². The van der Waals surface area contributed by atoms with Crippen molar-refractivity contribution in [2.45, 2.75) is 38.1 Å². The Kier molecular flexibility index (Phi) is 3.92. The van der Waals surface area contributed by atoms with Crippen LogP contribution in [0.25, 0.3) is 23.0 Å². The molecule has 156 valence electrons. The predicted molar refractivity (Wildman–Crippen MR) is 113 cm³/mol. The Morgan fingerprint density at radius 1 is 1.16 bits per heavy atom. The molecule has 1 atom stereocenters. The molecule has 8 nitrogen and oxygen atoms in total. The molecule has 2 aliphatic heterocycles. The zero-order valence-corrected chi connectivity index (χ0v) is 17.1. The summed E-state index contributed by atoms with van der Waals surface area (Å²) in [6.07, 6.45) is 11.2. The van der Waals surface area contributed by atoms with E-state index in [1.165, 1.54) is 12.1 Å². The number of benzene rings is 1. The van der Waals surface area contributed by atoms with E-state index in [0.29, 0.717) is 17.3 Å². The third-order valence-corrected chi connectivity index (χ3v) is 6.48. The molecule has 1 fully saturated rings. The lowest BCUT2D eigenvalue weighted by Gasteiger charge is -2.49. The van der Waals surface area contributed by atoms with Crippen LogP contribution in [0.1, 0.15) is 38.4 Å². The molecule has 0 saturated carbocycles. The fourth-order valence-electron chi connectivity index (χ4n) is 4.98. The van der Waals surface area contributed by atoms with Crippen molar-refractivity contribution in [3.8, 4) is 23.0 Å². The van der Waals surface area contributed by atoms with E-state index < -0.39 is 0 Å². The van der Waals surface area contributed by atoms with Crippen LogP contribution >= 0.6 is 0 Å². The Morgan fingerprint density at radius 3 is 2.97 bits per heavy atom. The van der Waals surface area contributed by atoms with E-state index in [2.05, 4.69) is 32.0 Å². The monoisotopic (exact) mass is 416 g/mol. The number of imidazole rings is 1. The van der Waals surface area contributed by atoms with Gasteiger partial charge in [-0.25, -0.2) is 14.4 Å². The molecule has 0 unspecified atom stereocenters. The normalized spacial score (nSPS) is 19.6. The van der Waals surface area contributed by atoms with E-state index in [-0.39, 0.29) is 11.4 Å². The lowest BCUT2D eigenvalue weighted by Crippen LogP contribution is -2.53. The molecule has 3 aromatic heterocycles. The van der Waals surface area contributed by atoms with Gasteiger partial charge >= 0.3 is 0 Å². The highest BCUT2D eigenvalue weighted by atomic mass is 19.1. The van der Waals surface area contributed by atoms with E-state index in [4.69, 9.17) is 4.98 Å². The van der Waals surface area contributed by atoms with Crippen LogP contribution in [0.2, 0.25) is 0 Å². The van der Waals surface area contributed by atoms with E-state index in [9.17, 15) is 4.39 Å². The van der Waals surface area contributed by atoms with Crippen molar-refractivity contribution in [2.24, 2.45) is 0 Å². The number of nitrogens with zero attached hydrogens (tertiary/aromatic N) is 8. The van der Waals surface area contributed by atoms with Gasteiger partial charge in [-0.1, -0.05) is 19.1 Å². The van der Waals surface area contributed by atoms with E-state index in [0.717, 1.165) is 49.6 Å². The fourth-order valence-corrected chi connectivity index (χ4v) is 4.98. The molecule has 0 amide bonds. The average Bonchev–Trinajstić information content (AvgIpc) is 3.49. The van der Waals surface area contributed by atoms with E-state index in [1.54, 1.807) is 29.4 Å². The van der Waals surface area contributed by atoms with Gasteiger partial charge in [0, 0.05) is 24.5 Å². The number of anilines is 1. The minimum Gasteiger partial charge on any atom is -0.342 e. The summed E-state index contributed by atoms with van der Waals surface area (Å²) in [7, 11) is 0. The third-order valence-electron chi connectivity index (χ3n) is 6.48. The van der Waals surface area contributed by atoms with Crippen LogP contribution in [0, 0.1) is 5.82 Å². The topological polar surface area (TPSA) is 77.5 Å². The number of piperidine rings is 1. The van der Waals surface area contributed by atoms with Crippen LogP contribution in [0.4, 0.5) is 10.2 Å². The smallest absolute Gasteiger partial charge is 0.237 e. The number of aromatic nitrogens is 7. The highest BCUT2D eigenvalue weighted by Crippen LogP contribution is 2.47. The molecule has 5 heterocycles. The van der Waals surface area contributed by atoms with Crippen molar-refractivity contribution < 1.29 is 4.39 Å². The maximum Gasteiger partial charge on any atom is 0.237 e. The lowest BCUT2D eigenvalue weighted by atomic mass is 9.82.